The molecular formula is C14H19N3O4. The van der Waals surface area contributed by atoms with Gasteiger partial charge in [-0.2, -0.15) is 0 Å². The number of hydrogen-bond donors (Lipinski definition) is 3. The van der Waals surface area contributed by atoms with Crippen molar-refractivity contribution in [2.45, 2.75) is 38.1 Å². The van der Waals surface area contributed by atoms with E-state index in [1.54, 1.807) is 0 Å². The highest BCUT2D eigenvalue weighted by atomic mass is 16.6. The van der Waals surface area contributed by atoms with Crippen molar-refractivity contribution in [3.63, 3.8) is 0 Å². The Morgan fingerprint density at radius 2 is 2.29 bits per heavy atom. The molecule has 1 aliphatic rings. The topological polar surface area (TPSA) is 104 Å². The summed E-state index contributed by atoms with van der Waals surface area (Å²) in [6.45, 7) is 0.995. The fourth-order valence-corrected chi connectivity index (χ4v) is 2.43. The van der Waals surface area contributed by atoms with Gasteiger partial charge in [-0.05, 0) is 31.9 Å². The monoisotopic (exact) mass is 293 g/mol. The van der Waals surface area contributed by atoms with Crippen LogP contribution >= 0.6 is 0 Å². The number of carbonyl (C=O) groups excluding carboxylic acids is 1. The Balaban J connectivity index is 1.85. The Bertz CT molecular complexity index is 527. The molecule has 21 heavy (non-hydrogen) atoms. The number of benzene rings is 1. The minimum absolute atomic E-state index is 0.196. The van der Waals surface area contributed by atoms with Crippen LogP contribution in [0.15, 0.2) is 18.2 Å². The van der Waals surface area contributed by atoms with Gasteiger partial charge in [0, 0.05) is 18.5 Å². The smallest absolute Gasteiger partial charge is 0.273 e. The zero-order valence-corrected chi connectivity index (χ0v) is 11.7. The molecule has 0 saturated carbocycles. The van der Waals surface area contributed by atoms with Crippen LogP contribution in [-0.2, 0) is 4.79 Å². The van der Waals surface area contributed by atoms with Crippen molar-refractivity contribution in [2.24, 2.45) is 0 Å². The maximum Gasteiger partial charge on any atom is 0.273 e. The molecule has 1 fully saturated rings. The Labute approximate surface area is 122 Å². The van der Waals surface area contributed by atoms with Gasteiger partial charge in [0.15, 0.2) is 0 Å². The fraction of sp³-hybridized carbons (Fsp3) is 0.500. The number of nitrogens with one attached hydrogen (secondary N) is 2. The summed E-state index contributed by atoms with van der Waals surface area (Å²) in [4.78, 5) is 21.8. The zero-order valence-electron chi connectivity index (χ0n) is 11.7. The summed E-state index contributed by atoms with van der Waals surface area (Å²) >= 11 is 0. The third-order valence-electron chi connectivity index (χ3n) is 3.60. The van der Waals surface area contributed by atoms with Gasteiger partial charge in [-0.1, -0.05) is 6.42 Å². The van der Waals surface area contributed by atoms with Crippen LogP contribution in [0, 0.1) is 10.1 Å². The van der Waals surface area contributed by atoms with Crippen molar-refractivity contribution in [3.8, 4) is 5.75 Å². The molecule has 0 radical (unpaired) electrons. The van der Waals surface area contributed by atoms with Crippen LogP contribution in [0.5, 0.6) is 5.75 Å². The van der Waals surface area contributed by atoms with Crippen LogP contribution < -0.4 is 10.6 Å². The Kier molecular flexibility index (Phi) is 5.10. The van der Waals surface area contributed by atoms with E-state index < -0.39 is 4.92 Å². The van der Waals surface area contributed by atoms with E-state index in [1.165, 1.54) is 25.0 Å². The standard InChI is InChI=1S/C14H19N3O4/c18-13-9-11(17(20)21)5-6-12(13)16-14(19)7-4-10-3-1-2-8-15-10/h5-6,9-10,15,18H,1-4,7-8H2,(H,16,19). The summed E-state index contributed by atoms with van der Waals surface area (Å²) in [5.74, 6) is -0.500. The molecule has 1 unspecified atom stereocenters. The number of anilines is 1. The molecule has 1 aliphatic heterocycles. The number of hydrogen-bond acceptors (Lipinski definition) is 5. The molecule has 1 aromatic carbocycles. The van der Waals surface area contributed by atoms with E-state index in [-0.39, 0.29) is 23.0 Å². The van der Waals surface area contributed by atoms with Crippen molar-refractivity contribution in [3.05, 3.63) is 28.3 Å². The average Bonchev–Trinajstić information content (AvgIpc) is 2.48. The molecule has 1 heterocycles. The maximum absolute atomic E-state index is 11.8. The van der Waals surface area contributed by atoms with Crippen molar-refractivity contribution < 1.29 is 14.8 Å². The second kappa shape index (κ2) is 7.03. The van der Waals surface area contributed by atoms with Gasteiger partial charge in [-0.3, -0.25) is 14.9 Å². The second-order valence-corrected chi connectivity index (χ2v) is 5.19. The maximum atomic E-state index is 11.8. The molecule has 1 aromatic rings. The van der Waals surface area contributed by atoms with Crippen LogP contribution in [-0.4, -0.2) is 28.5 Å². The number of non-ortho nitro benzene ring substituents is 1. The number of aromatic hydroxyl groups is 1. The molecule has 3 N–H and O–H groups in total. The molecule has 0 aliphatic carbocycles. The van der Waals surface area contributed by atoms with Crippen LogP contribution in [0.1, 0.15) is 32.1 Å². The summed E-state index contributed by atoms with van der Waals surface area (Å²) < 4.78 is 0. The van der Waals surface area contributed by atoms with Gasteiger partial charge in [-0.25, -0.2) is 0 Å². The van der Waals surface area contributed by atoms with E-state index in [0.29, 0.717) is 12.5 Å². The number of rotatable bonds is 5. The summed E-state index contributed by atoms with van der Waals surface area (Å²) in [6.07, 6.45) is 4.55. The predicted octanol–water partition coefficient (Wildman–Crippen LogP) is 2.16. The van der Waals surface area contributed by atoms with E-state index in [2.05, 4.69) is 10.6 Å². The SMILES string of the molecule is O=C(CCC1CCCCN1)Nc1ccc([N+](=O)[O-])cc1O. The molecule has 0 bridgehead atoms. The van der Waals surface area contributed by atoms with Crippen LogP contribution in [0.25, 0.3) is 0 Å². The van der Waals surface area contributed by atoms with Crippen molar-refractivity contribution in [2.75, 3.05) is 11.9 Å². The first-order valence-electron chi connectivity index (χ1n) is 7.07. The van der Waals surface area contributed by atoms with E-state index >= 15 is 0 Å². The number of phenols is 1. The Morgan fingerprint density at radius 1 is 1.48 bits per heavy atom. The lowest BCUT2D eigenvalue weighted by molar-refractivity contribution is -0.384. The lowest BCUT2D eigenvalue weighted by Gasteiger charge is -2.23. The van der Waals surface area contributed by atoms with Gasteiger partial charge in [0.1, 0.15) is 5.75 Å². The quantitative estimate of drug-likeness (QED) is 0.438. The fourth-order valence-electron chi connectivity index (χ4n) is 2.43. The molecule has 7 nitrogen and oxygen atoms in total. The average molecular weight is 293 g/mol. The van der Waals surface area contributed by atoms with Crippen LogP contribution in [0.2, 0.25) is 0 Å². The molecule has 0 aromatic heterocycles. The van der Waals surface area contributed by atoms with Crippen molar-refractivity contribution in [1.29, 1.82) is 0 Å². The molecule has 1 saturated heterocycles. The van der Waals surface area contributed by atoms with Crippen molar-refractivity contribution >= 4 is 17.3 Å². The molecule has 7 heteroatoms. The summed E-state index contributed by atoms with van der Waals surface area (Å²) in [5.41, 5.74) is -0.0147. The van der Waals surface area contributed by atoms with E-state index in [1.807, 2.05) is 0 Å². The number of piperidine rings is 1. The summed E-state index contributed by atoms with van der Waals surface area (Å²) in [5, 5.41) is 26.2. The van der Waals surface area contributed by atoms with Gasteiger partial charge in [0.25, 0.3) is 5.69 Å². The normalized spacial score (nSPS) is 18.2. The van der Waals surface area contributed by atoms with E-state index in [0.717, 1.165) is 25.5 Å². The minimum Gasteiger partial charge on any atom is -0.506 e. The first-order valence-corrected chi connectivity index (χ1v) is 7.07. The largest absolute Gasteiger partial charge is 0.506 e. The van der Waals surface area contributed by atoms with E-state index in [9.17, 15) is 20.0 Å². The van der Waals surface area contributed by atoms with Crippen LogP contribution in [0.3, 0.4) is 0 Å². The molecule has 1 atom stereocenters. The Morgan fingerprint density at radius 3 is 2.90 bits per heavy atom. The van der Waals surface area contributed by atoms with Gasteiger partial charge >= 0.3 is 0 Å². The number of carbonyl (C=O) groups is 1. The predicted molar refractivity (Wildman–Crippen MR) is 78.3 cm³/mol. The lowest BCUT2D eigenvalue weighted by Crippen LogP contribution is -2.34. The molecular weight excluding hydrogens is 274 g/mol. The van der Waals surface area contributed by atoms with Gasteiger partial charge in [0.05, 0.1) is 16.7 Å². The molecule has 114 valence electrons. The zero-order chi connectivity index (χ0) is 15.2. The van der Waals surface area contributed by atoms with Crippen molar-refractivity contribution in [1.82, 2.24) is 5.32 Å². The Hall–Kier alpha value is -2.15. The molecule has 0 spiro atoms. The second-order valence-electron chi connectivity index (χ2n) is 5.19. The number of nitro groups is 1. The van der Waals surface area contributed by atoms with Gasteiger partial charge < -0.3 is 15.7 Å². The number of nitrogens with zero attached hydrogens (tertiary/aromatic N) is 1. The van der Waals surface area contributed by atoms with Crippen LogP contribution in [0.4, 0.5) is 11.4 Å². The first kappa shape index (κ1) is 15.2. The van der Waals surface area contributed by atoms with E-state index in [4.69, 9.17) is 0 Å². The summed E-state index contributed by atoms with van der Waals surface area (Å²) in [7, 11) is 0. The highest BCUT2D eigenvalue weighted by Gasteiger charge is 2.15. The highest BCUT2D eigenvalue weighted by molar-refractivity contribution is 5.92. The molecule has 2 rings (SSSR count). The molecule has 1 amide bonds. The lowest BCUT2D eigenvalue weighted by atomic mass is 10.0. The third kappa shape index (κ3) is 4.42. The van der Waals surface area contributed by atoms with Gasteiger partial charge in [-0.15, -0.1) is 0 Å². The summed E-state index contributed by atoms with van der Waals surface area (Å²) in [6, 6.07) is 3.98. The number of nitro benzene ring substituents is 1. The number of phenolic OH excluding ortho intramolecular Hbond substituents is 1. The van der Waals surface area contributed by atoms with Gasteiger partial charge in [0.2, 0.25) is 5.91 Å². The first-order chi connectivity index (χ1) is 10.1. The minimum atomic E-state index is -0.597. The highest BCUT2D eigenvalue weighted by Crippen LogP contribution is 2.28. The third-order valence-corrected chi connectivity index (χ3v) is 3.60. The number of amides is 1.